The van der Waals surface area contributed by atoms with Crippen molar-refractivity contribution in [2.75, 3.05) is 6.54 Å². The standard InChI is InChI=1S/C29H33N5O2S2/c1-17(2)25(34-14-21-6-4-5-7-23(21)28(34)35)29(36)33-15-22(37)12-24(33)27(30)31-13-19-8-10-20(11-9-19)26-18(3)32-16-38-26/h4-11,16-17,22,24-25,37H,12-15H2,1-3H3,(H2,30,31)/t22-,24+,25+/m1/s1. The third-order valence-corrected chi connectivity index (χ3v) is 8.76. The average molecular weight is 548 g/mol. The first kappa shape index (κ1) is 26.4. The molecule has 5 rings (SSSR count). The Morgan fingerprint density at radius 3 is 2.61 bits per heavy atom. The van der Waals surface area contributed by atoms with Gasteiger partial charge in [0.15, 0.2) is 0 Å². The van der Waals surface area contributed by atoms with Gasteiger partial charge in [0, 0.05) is 30.4 Å². The molecule has 0 bridgehead atoms. The minimum absolute atomic E-state index is 0.0210. The van der Waals surface area contributed by atoms with E-state index < -0.39 is 12.1 Å². The van der Waals surface area contributed by atoms with Gasteiger partial charge < -0.3 is 15.1 Å². The van der Waals surface area contributed by atoms with Crippen LogP contribution in [0.15, 0.2) is 54.0 Å². The number of benzene rings is 2. The Kier molecular flexibility index (Phi) is 7.59. The number of carbonyl (C=O) groups is 2. The topological polar surface area (TPSA) is 89.4 Å². The summed E-state index contributed by atoms with van der Waals surface area (Å²) in [4.78, 5) is 36.1. The first-order valence-electron chi connectivity index (χ1n) is 12.9. The molecule has 9 heteroatoms. The van der Waals surface area contributed by atoms with E-state index in [1.807, 2.05) is 50.5 Å². The highest BCUT2D eigenvalue weighted by Gasteiger charge is 2.44. The highest BCUT2D eigenvalue weighted by molar-refractivity contribution is 7.81. The van der Waals surface area contributed by atoms with E-state index in [-0.39, 0.29) is 23.0 Å². The van der Waals surface area contributed by atoms with Crippen LogP contribution in [-0.4, -0.2) is 56.3 Å². The van der Waals surface area contributed by atoms with Crippen LogP contribution in [0.4, 0.5) is 0 Å². The Labute approximate surface area is 233 Å². The number of thiazole rings is 1. The quantitative estimate of drug-likeness (QED) is 0.226. The van der Waals surface area contributed by atoms with Crippen molar-refractivity contribution in [3.63, 3.8) is 0 Å². The number of amidine groups is 1. The van der Waals surface area contributed by atoms with Crippen molar-refractivity contribution in [1.29, 1.82) is 5.41 Å². The number of aromatic nitrogens is 1. The van der Waals surface area contributed by atoms with Crippen molar-refractivity contribution < 1.29 is 9.59 Å². The Morgan fingerprint density at radius 2 is 1.95 bits per heavy atom. The molecule has 0 aliphatic carbocycles. The third-order valence-electron chi connectivity index (χ3n) is 7.41. The predicted molar refractivity (Wildman–Crippen MR) is 155 cm³/mol. The van der Waals surface area contributed by atoms with E-state index >= 15 is 0 Å². The van der Waals surface area contributed by atoms with Gasteiger partial charge in [0.1, 0.15) is 11.9 Å². The largest absolute Gasteiger partial charge is 0.368 e. The van der Waals surface area contributed by atoms with Gasteiger partial charge in [-0.15, -0.1) is 11.3 Å². The van der Waals surface area contributed by atoms with E-state index in [0.29, 0.717) is 37.5 Å². The number of amides is 2. The number of carbonyl (C=O) groups excluding carboxylic acids is 2. The van der Waals surface area contributed by atoms with Crippen LogP contribution in [0, 0.1) is 18.3 Å². The molecule has 1 aromatic heterocycles. The van der Waals surface area contributed by atoms with E-state index in [0.717, 1.165) is 27.3 Å². The maximum Gasteiger partial charge on any atom is 0.255 e. The minimum atomic E-state index is -0.591. The molecular weight excluding hydrogens is 514 g/mol. The molecule has 1 fully saturated rings. The number of nitrogens with zero attached hydrogens (tertiary/aromatic N) is 3. The summed E-state index contributed by atoms with van der Waals surface area (Å²) < 4.78 is 0. The summed E-state index contributed by atoms with van der Waals surface area (Å²) >= 11 is 6.30. The van der Waals surface area contributed by atoms with Gasteiger partial charge in [0.2, 0.25) is 5.91 Å². The molecule has 3 heterocycles. The Hall–Kier alpha value is -3.17. The minimum Gasteiger partial charge on any atom is -0.368 e. The summed E-state index contributed by atoms with van der Waals surface area (Å²) in [6, 6.07) is 14.8. The molecule has 7 nitrogen and oxygen atoms in total. The molecule has 198 valence electrons. The fraction of sp³-hybridized carbons (Fsp3) is 0.379. The van der Waals surface area contributed by atoms with E-state index in [4.69, 9.17) is 5.41 Å². The summed E-state index contributed by atoms with van der Waals surface area (Å²) in [6.07, 6.45) is 0.600. The second-order valence-corrected chi connectivity index (χ2v) is 12.0. The SMILES string of the molecule is Cc1ncsc1-c1ccc(CNC(=N)[C@@H]2C[C@@H](S)CN2C(=O)[C@H](C(C)C)N2Cc3ccccc3C2=O)cc1. The monoisotopic (exact) mass is 547 g/mol. The predicted octanol–water partition coefficient (Wildman–Crippen LogP) is 4.77. The van der Waals surface area contributed by atoms with Crippen molar-refractivity contribution in [2.24, 2.45) is 5.92 Å². The van der Waals surface area contributed by atoms with E-state index in [1.54, 1.807) is 21.1 Å². The molecule has 0 spiro atoms. The highest BCUT2D eigenvalue weighted by Crippen LogP contribution is 2.31. The van der Waals surface area contributed by atoms with Crippen molar-refractivity contribution in [3.8, 4) is 10.4 Å². The zero-order chi connectivity index (χ0) is 27.0. The summed E-state index contributed by atoms with van der Waals surface area (Å²) in [6.45, 7) is 7.33. The molecular formula is C29H33N5O2S2. The molecule has 1 saturated heterocycles. The number of nitrogens with one attached hydrogen (secondary N) is 2. The van der Waals surface area contributed by atoms with Crippen LogP contribution < -0.4 is 5.32 Å². The lowest BCUT2D eigenvalue weighted by atomic mass is 10.00. The van der Waals surface area contributed by atoms with Crippen LogP contribution in [0.5, 0.6) is 0 Å². The fourth-order valence-electron chi connectivity index (χ4n) is 5.45. The zero-order valence-corrected chi connectivity index (χ0v) is 23.6. The fourth-order valence-corrected chi connectivity index (χ4v) is 6.64. The molecule has 3 atom stereocenters. The lowest BCUT2D eigenvalue weighted by Crippen LogP contribution is -2.55. The average Bonchev–Trinajstić information content (AvgIpc) is 3.60. The van der Waals surface area contributed by atoms with E-state index in [2.05, 4.69) is 47.2 Å². The Balaban J connectivity index is 1.27. The number of thiol groups is 1. The second kappa shape index (κ2) is 10.9. The molecule has 2 amide bonds. The maximum absolute atomic E-state index is 14.0. The van der Waals surface area contributed by atoms with Crippen LogP contribution in [0.3, 0.4) is 0 Å². The van der Waals surface area contributed by atoms with Crippen LogP contribution in [-0.2, 0) is 17.9 Å². The van der Waals surface area contributed by atoms with Crippen LogP contribution >= 0.6 is 24.0 Å². The van der Waals surface area contributed by atoms with Crippen LogP contribution in [0.1, 0.15) is 47.4 Å². The summed E-state index contributed by atoms with van der Waals surface area (Å²) in [7, 11) is 0. The van der Waals surface area contributed by atoms with Crippen LogP contribution in [0.25, 0.3) is 10.4 Å². The number of hydrogen-bond acceptors (Lipinski definition) is 6. The molecule has 2 aromatic carbocycles. The number of fused-ring (bicyclic) bond motifs is 1. The number of aryl methyl sites for hydroxylation is 1. The molecule has 0 unspecified atom stereocenters. The third kappa shape index (κ3) is 5.09. The summed E-state index contributed by atoms with van der Waals surface area (Å²) in [5.74, 6) is 0.0218. The maximum atomic E-state index is 14.0. The normalized spacial score (nSPS) is 19.7. The van der Waals surface area contributed by atoms with E-state index in [1.165, 1.54) is 0 Å². The van der Waals surface area contributed by atoms with Gasteiger partial charge in [-0.05, 0) is 42.0 Å². The highest BCUT2D eigenvalue weighted by atomic mass is 32.1. The first-order chi connectivity index (χ1) is 18.2. The van der Waals surface area contributed by atoms with Crippen molar-refractivity contribution in [2.45, 2.75) is 57.6 Å². The number of rotatable bonds is 7. The summed E-state index contributed by atoms with van der Waals surface area (Å²) in [5.41, 5.74) is 6.68. The Morgan fingerprint density at radius 1 is 1.21 bits per heavy atom. The molecule has 2 aliphatic heterocycles. The smallest absolute Gasteiger partial charge is 0.255 e. The van der Waals surface area contributed by atoms with Gasteiger partial charge in [-0.25, -0.2) is 4.98 Å². The van der Waals surface area contributed by atoms with Crippen molar-refractivity contribution in [1.82, 2.24) is 20.1 Å². The van der Waals surface area contributed by atoms with Gasteiger partial charge >= 0.3 is 0 Å². The molecule has 3 aromatic rings. The lowest BCUT2D eigenvalue weighted by Gasteiger charge is -2.35. The van der Waals surface area contributed by atoms with Crippen LogP contribution in [0.2, 0.25) is 0 Å². The molecule has 38 heavy (non-hydrogen) atoms. The number of likely N-dealkylation sites (tertiary alicyclic amines) is 1. The molecule has 0 saturated carbocycles. The second-order valence-electron chi connectivity index (χ2n) is 10.4. The Bertz CT molecular complexity index is 1350. The molecule has 2 aliphatic rings. The van der Waals surface area contributed by atoms with Crippen molar-refractivity contribution >= 4 is 41.6 Å². The lowest BCUT2D eigenvalue weighted by molar-refractivity contribution is -0.137. The first-order valence-corrected chi connectivity index (χ1v) is 14.3. The van der Waals surface area contributed by atoms with Crippen molar-refractivity contribution in [3.05, 3.63) is 76.4 Å². The van der Waals surface area contributed by atoms with Gasteiger partial charge in [-0.2, -0.15) is 12.6 Å². The number of hydrogen-bond donors (Lipinski definition) is 3. The van der Waals surface area contributed by atoms with Gasteiger partial charge in [0.25, 0.3) is 5.91 Å². The summed E-state index contributed by atoms with van der Waals surface area (Å²) in [5, 5.41) is 12.0. The van der Waals surface area contributed by atoms with Gasteiger partial charge in [-0.1, -0.05) is 56.3 Å². The van der Waals surface area contributed by atoms with E-state index in [9.17, 15) is 9.59 Å². The molecule has 2 N–H and O–H groups in total. The zero-order valence-electron chi connectivity index (χ0n) is 21.8. The molecule has 0 radical (unpaired) electrons. The van der Waals surface area contributed by atoms with Gasteiger partial charge in [0.05, 0.1) is 22.1 Å². The van der Waals surface area contributed by atoms with Gasteiger partial charge in [-0.3, -0.25) is 15.0 Å².